The summed E-state index contributed by atoms with van der Waals surface area (Å²) in [5, 5.41) is 8.41. The molecule has 0 aliphatic heterocycles. The second-order valence-electron chi connectivity index (χ2n) is 3.09. The van der Waals surface area contributed by atoms with Crippen molar-refractivity contribution in [3.05, 3.63) is 29.8 Å². The number of nitriles is 1. The molecule has 74 valence electrons. The van der Waals surface area contributed by atoms with Crippen LogP contribution in [0.15, 0.2) is 29.2 Å². The summed E-state index contributed by atoms with van der Waals surface area (Å²) in [4.78, 5) is 1.33. The molecule has 0 aliphatic carbocycles. The molecule has 0 spiro atoms. The molecule has 1 nitrogen and oxygen atoms in total. The Balaban J connectivity index is 2.43. The van der Waals surface area contributed by atoms with E-state index in [1.807, 2.05) is 11.8 Å². The molecule has 0 saturated carbocycles. The maximum atomic E-state index is 8.41. The Morgan fingerprint density at radius 2 is 2.00 bits per heavy atom. The van der Waals surface area contributed by atoms with Gasteiger partial charge in [-0.3, -0.25) is 0 Å². The van der Waals surface area contributed by atoms with Gasteiger partial charge in [-0.25, -0.2) is 0 Å². The minimum Gasteiger partial charge on any atom is -0.198 e. The largest absolute Gasteiger partial charge is 0.198 e. The lowest BCUT2D eigenvalue weighted by molar-refractivity contribution is 0.849. The van der Waals surface area contributed by atoms with Gasteiger partial charge in [-0.2, -0.15) is 5.26 Å². The van der Waals surface area contributed by atoms with Crippen LogP contribution in [0.1, 0.15) is 25.3 Å². The summed E-state index contributed by atoms with van der Waals surface area (Å²) in [6.45, 7) is 2.16. The molecule has 0 fully saturated rings. The van der Waals surface area contributed by atoms with Crippen LogP contribution >= 0.6 is 11.8 Å². The van der Waals surface area contributed by atoms with E-state index in [4.69, 9.17) is 5.26 Å². The summed E-state index contributed by atoms with van der Waals surface area (Å²) in [7, 11) is 0. The van der Waals surface area contributed by atoms with E-state index in [2.05, 4.69) is 37.3 Å². The van der Waals surface area contributed by atoms with Crippen molar-refractivity contribution in [2.75, 3.05) is 5.75 Å². The number of rotatable bonds is 5. The number of hydrogen-bond acceptors (Lipinski definition) is 2. The zero-order valence-corrected chi connectivity index (χ0v) is 9.31. The molecule has 1 rings (SSSR count). The first-order chi connectivity index (χ1) is 6.86. The van der Waals surface area contributed by atoms with Crippen molar-refractivity contribution in [3.8, 4) is 6.07 Å². The Morgan fingerprint density at radius 3 is 2.57 bits per heavy atom. The standard InChI is InChI=1S/C12H15NS/c1-2-14-12-8-6-11(7-9-12)5-3-4-10-13/h6-9H,2-5H2,1H3. The van der Waals surface area contributed by atoms with Crippen molar-refractivity contribution in [1.82, 2.24) is 0 Å². The van der Waals surface area contributed by atoms with Crippen LogP contribution in [0.3, 0.4) is 0 Å². The average molecular weight is 205 g/mol. The Bertz CT molecular complexity index is 297. The van der Waals surface area contributed by atoms with Crippen molar-refractivity contribution in [3.63, 3.8) is 0 Å². The molecule has 2 heteroatoms. The fourth-order valence-corrected chi connectivity index (χ4v) is 1.95. The molecule has 0 aromatic heterocycles. The lowest BCUT2D eigenvalue weighted by atomic mass is 10.1. The van der Waals surface area contributed by atoms with Crippen LogP contribution in [-0.2, 0) is 6.42 Å². The van der Waals surface area contributed by atoms with E-state index in [1.54, 1.807) is 0 Å². The minimum atomic E-state index is 0.658. The van der Waals surface area contributed by atoms with Gasteiger partial charge < -0.3 is 0 Å². The van der Waals surface area contributed by atoms with Gasteiger partial charge in [-0.15, -0.1) is 11.8 Å². The zero-order valence-electron chi connectivity index (χ0n) is 8.49. The van der Waals surface area contributed by atoms with Crippen LogP contribution in [0.4, 0.5) is 0 Å². The normalized spacial score (nSPS) is 9.71. The summed E-state index contributed by atoms with van der Waals surface area (Å²) >= 11 is 1.86. The lowest BCUT2D eigenvalue weighted by Crippen LogP contribution is -1.84. The van der Waals surface area contributed by atoms with E-state index < -0.39 is 0 Å². The monoisotopic (exact) mass is 205 g/mol. The third kappa shape index (κ3) is 3.85. The smallest absolute Gasteiger partial charge is 0.0621 e. The van der Waals surface area contributed by atoms with Gasteiger partial charge in [-0.1, -0.05) is 19.1 Å². The zero-order chi connectivity index (χ0) is 10.2. The van der Waals surface area contributed by atoms with Crippen molar-refractivity contribution in [1.29, 1.82) is 5.26 Å². The lowest BCUT2D eigenvalue weighted by Gasteiger charge is -2.01. The summed E-state index contributed by atoms with van der Waals surface area (Å²) < 4.78 is 0. The molecule has 0 unspecified atom stereocenters. The van der Waals surface area contributed by atoms with Gasteiger partial charge in [0.1, 0.15) is 0 Å². The highest BCUT2D eigenvalue weighted by atomic mass is 32.2. The first-order valence-electron chi connectivity index (χ1n) is 4.95. The first-order valence-corrected chi connectivity index (χ1v) is 5.94. The summed E-state index contributed by atoms with van der Waals surface area (Å²) in [5.41, 5.74) is 1.33. The highest BCUT2D eigenvalue weighted by Crippen LogP contribution is 2.18. The highest BCUT2D eigenvalue weighted by Gasteiger charge is 1.94. The van der Waals surface area contributed by atoms with Gasteiger partial charge in [0.25, 0.3) is 0 Å². The maximum Gasteiger partial charge on any atom is 0.0621 e. The molecule has 0 bridgehead atoms. The third-order valence-electron chi connectivity index (χ3n) is 1.99. The van der Waals surface area contributed by atoms with Crippen molar-refractivity contribution < 1.29 is 0 Å². The Hall–Kier alpha value is -0.940. The van der Waals surface area contributed by atoms with Crippen molar-refractivity contribution >= 4 is 11.8 Å². The topological polar surface area (TPSA) is 23.8 Å². The van der Waals surface area contributed by atoms with E-state index >= 15 is 0 Å². The van der Waals surface area contributed by atoms with E-state index in [0.29, 0.717) is 6.42 Å². The number of aryl methyl sites for hydroxylation is 1. The number of hydrogen-bond donors (Lipinski definition) is 0. The van der Waals surface area contributed by atoms with Gasteiger partial charge in [0, 0.05) is 11.3 Å². The Morgan fingerprint density at radius 1 is 1.29 bits per heavy atom. The fourth-order valence-electron chi connectivity index (χ4n) is 1.29. The fraction of sp³-hybridized carbons (Fsp3) is 0.417. The molecule has 0 N–H and O–H groups in total. The second kappa shape index (κ2) is 6.50. The SMILES string of the molecule is CCSc1ccc(CCCC#N)cc1. The van der Waals surface area contributed by atoms with Crippen molar-refractivity contribution in [2.45, 2.75) is 31.1 Å². The van der Waals surface area contributed by atoms with Gasteiger partial charge in [-0.05, 0) is 36.3 Å². The molecule has 1 aromatic carbocycles. The number of benzene rings is 1. The third-order valence-corrected chi connectivity index (χ3v) is 2.88. The van der Waals surface area contributed by atoms with Crippen LogP contribution in [0.5, 0.6) is 0 Å². The molecule has 0 heterocycles. The maximum absolute atomic E-state index is 8.41. The van der Waals surface area contributed by atoms with Gasteiger partial charge in [0.05, 0.1) is 6.07 Å². The summed E-state index contributed by atoms with van der Waals surface area (Å²) in [5.74, 6) is 1.12. The van der Waals surface area contributed by atoms with Crippen LogP contribution in [0.25, 0.3) is 0 Å². The van der Waals surface area contributed by atoms with Gasteiger partial charge in [0.2, 0.25) is 0 Å². The van der Waals surface area contributed by atoms with Crippen LogP contribution in [0, 0.1) is 11.3 Å². The van der Waals surface area contributed by atoms with Crippen LogP contribution in [0.2, 0.25) is 0 Å². The average Bonchev–Trinajstić information content (AvgIpc) is 2.21. The predicted molar refractivity (Wildman–Crippen MR) is 61.4 cm³/mol. The molecular weight excluding hydrogens is 190 g/mol. The van der Waals surface area contributed by atoms with Crippen LogP contribution in [-0.4, -0.2) is 5.75 Å². The van der Waals surface area contributed by atoms with Gasteiger partial charge in [0.15, 0.2) is 0 Å². The van der Waals surface area contributed by atoms with E-state index in [0.717, 1.165) is 18.6 Å². The number of unbranched alkanes of at least 4 members (excludes halogenated alkanes) is 1. The molecule has 14 heavy (non-hydrogen) atoms. The second-order valence-corrected chi connectivity index (χ2v) is 4.43. The summed E-state index contributed by atoms with van der Waals surface area (Å²) in [6.07, 6.45) is 2.65. The van der Waals surface area contributed by atoms with E-state index in [-0.39, 0.29) is 0 Å². The van der Waals surface area contributed by atoms with Crippen LogP contribution < -0.4 is 0 Å². The molecule has 0 atom stereocenters. The highest BCUT2D eigenvalue weighted by molar-refractivity contribution is 7.99. The predicted octanol–water partition coefficient (Wildman–Crippen LogP) is 3.64. The van der Waals surface area contributed by atoms with E-state index in [9.17, 15) is 0 Å². The first kappa shape index (κ1) is 11.1. The quantitative estimate of drug-likeness (QED) is 0.541. The Labute approximate surface area is 90.1 Å². The molecular formula is C12H15NS. The van der Waals surface area contributed by atoms with Crippen molar-refractivity contribution in [2.24, 2.45) is 0 Å². The van der Waals surface area contributed by atoms with Gasteiger partial charge >= 0.3 is 0 Å². The molecule has 0 radical (unpaired) electrons. The summed E-state index contributed by atoms with van der Waals surface area (Å²) in [6, 6.07) is 10.8. The Kier molecular flexibility index (Phi) is 5.17. The molecule has 1 aromatic rings. The number of thioether (sulfide) groups is 1. The molecule has 0 saturated heterocycles. The van der Waals surface area contributed by atoms with E-state index in [1.165, 1.54) is 10.5 Å². The number of nitrogens with zero attached hydrogens (tertiary/aromatic N) is 1. The molecule has 0 aliphatic rings. The minimum absolute atomic E-state index is 0.658. The molecule has 0 amide bonds.